The predicted octanol–water partition coefficient (Wildman–Crippen LogP) is 0.211. The molecule has 1 aliphatic heterocycles. The van der Waals surface area contributed by atoms with E-state index in [-0.39, 0.29) is 11.8 Å². The van der Waals surface area contributed by atoms with Gasteiger partial charge >= 0.3 is 5.97 Å². The topological polar surface area (TPSA) is 78.4 Å². The van der Waals surface area contributed by atoms with Crippen LogP contribution in [0.15, 0.2) is 0 Å². The summed E-state index contributed by atoms with van der Waals surface area (Å²) in [6.07, 6.45) is 1.23. The van der Waals surface area contributed by atoms with Crippen LogP contribution in [0.5, 0.6) is 0 Å². The van der Waals surface area contributed by atoms with E-state index in [4.69, 9.17) is 5.11 Å². The van der Waals surface area contributed by atoms with Gasteiger partial charge in [-0.2, -0.15) is 0 Å². The van der Waals surface area contributed by atoms with Crippen LogP contribution in [-0.2, 0) is 9.59 Å². The average molecular weight is 228 g/mol. The first-order valence-electron chi connectivity index (χ1n) is 5.80. The molecule has 2 unspecified atom stereocenters. The molecule has 1 rings (SSSR count). The summed E-state index contributed by atoms with van der Waals surface area (Å²) in [6.45, 7) is 5.45. The third-order valence-corrected chi connectivity index (χ3v) is 3.13. The summed E-state index contributed by atoms with van der Waals surface area (Å²) >= 11 is 0. The zero-order valence-corrected chi connectivity index (χ0v) is 9.82. The van der Waals surface area contributed by atoms with E-state index in [2.05, 4.69) is 10.6 Å². The summed E-state index contributed by atoms with van der Waals surface area (Å²) < 4.78 is 0. The lowest BCUT2D eigenvalue weighted by atomic mass is 9.88. The fourth-order valence-corrected chi connectivity index (χ4v) is 1.73. The Labute approximate surface area is 95.6 Å². The van der Waals surface area contributed by atoms with Gasteiger partial charge < -0.3 is 15.7 Å². The van der Waals surface area contributed by atoms with Crippen molar-refractivity contribution in [1.82, 2.24) is 10.6 Å². The number of rotatable bonds is 6. The van der Waals surface area contributed by atoms with E-state index >= 15 is 0 Å². The number of hydrogen-bond acceptors (Lipinski definition) is 3. The minimum atomic E-state index is -0.950. The Morgan fingerprint density at radius 3 is 2.50 bits per heavy atom. The second-order valence-corrected chi connectivity index (χ2v) is 4.40. The minimum absolute atomic E-state index is 0.111. The highest BCUT2D eigenvalue weighted by Crippen LogP contribution is 2.16. The van der Waals surface area contributed by atoms with Gasteiger partial charge in [-0.05, 0) is 25.4 Å². The Morgan fingerprint density at radius 2 is 2.12 bits per heavy atom. The Morgan fingerprint density at radius 1 is 1.50 bits per heavy atom. The maximum Gasteiger partial charge on any atom is 0.326 e. The molecule has 1 saturated heterocycles. The molecule has 92 valence electrons. The van der Waals surface area contributed by atoms with Crippen LogP contribution in [0.25, 0.3) is 0 Å². The molecule has 0 saturated carbocycles. The van der Waals surface area contributed by atoms with Crippen molar-refractivity contribution in [3.05, 3.63) is 0 Å². The molecule has 5 nitrogen and oxygen atoms in total. The smallest absolute Gasteiger partial charge is 0.326 e. The van der Waals surface area contributed by atoms with Crippen LogP contribution in [0.3, 0.4) is 0 Å². The number of nitrogens with one attached hydrogen (secondary N) is 2. The third kappa shape index (κ3) is 3.20. The highest BCUT2D eigenvalue weighted by molar-refractivity contribution is 5.85. The quantitative estimate of drug-likeness (QED) is 0.607. The van der Waals surface area contributed by atoms with Crippen molar-refractivity contribution < 1.29 is 14.7 Å². The van der Waals surface area contributed by atoms with Crippen LogP contribution in [0, 0.1) is 11.8 Å². The van der Waals surface area contributed by atoms with E-state index in [9.17, 15) is 9.59 Å². The van der Waals surface area contributed by atoms with Crippen LogP contribution in [0.4, 0.5) is 0 Å². The first-order valence-corrected chi connectivity index (χ1v) is 5.80. The van der Waals surface area contributed by atoms with E-state index in [0.717, 1.165) is 19.5 Å². The molecule has 0 radical (unpaired) electrons. The van der Waals surface area contributed by atoms with Crippen LogP contribution in [0.1, 0.15) is 26.7 Å². The van der Waals surface area contributed by atoms with Gasteiger partial charge in [0.05, 0.1) is 0 Å². The predicted molar refractivity (Wildman–Crippen MR) is 60.0 cm³/mol. The molecule has 16 heavy (non-hydrogen) atoms. The molecular weight excluding hydrogens is 208 g/mol. The number of aliphatic carboxylic acids is 1. The molecule has 2 atom stereocenters. The number of carbonyl (C=O) groups is 2. The molecule has 3 N–H and O–H groups in total. The van der Waals surface area contributed by atoms with Crippen molar-refractivity contribution in [3.63, 3.8) is 0 Å². The van der Waals surface area contributed by atoms with Gasteiger partial charge in [0.1, 0.15) is 6.04 Å². The lowest BCUT2D eigenvalue weighted by Gasteiger charge is -2.32. The molecule has 1 fully saturated rings. The lowest BCUT2D eigenvalue weighted by molar-refractivity contribution is -0.143. The summed E-state index contributed by atoms with van der Waals surface area (Å²) in [7, 11) is 0. The fourth-order valence-electron chi connectivity index (χ4n) is 1.73. The van der Waals surface area contributed by atoms with Gasteiger partial charge in [0.2, 0.25) is 5.91 Å². The van der Waals surface area contributed by atoms with Crippen LogP contribution >= 0.6 is 0 Å². The second-order valence-electron chi connectivity index (χ2n) is 4.40. The molecule has 1 heterocycles. The highest BCUT2D eigenvalue weighted by atomic mass is 16.4. The van der Waals surface area contributed by atoms with Crippen molar-refractivity contribution in [3.8, 4) is 0 Å². The lowest BCUT2D eigenvalue weighted by Crippen LogP contribution is -2.52. The van der Waals surface area contributed by atoms with E-state index in [1.165, 1.54) is 0 Å². The van der Waals surface area contributed by atoms with Crippen LogP contribution in [-0.4, -0.2) is 36.1 Å². The van der Waals surface area contributed by atoms with Gasteiger partial charge in [-0.25, -0.2) is 4.79 Å². The molecule has 1 amide bonds. The van der Waals surface area contributed by atoms with Crippen molar-refractivity contribution in [1.29, 1.82) is 0 Å². The zero-order valence-electron chi connectivity index (χ0n) is 9.82. The normalized spacial score (nSPS) is 19.6. The van der Waals surface area contributed by atoms with E-state index in [0.29, 0.717) is 12.3 Å². The first kappa shape index (κ1) is 13.0. The number of carboxylic acid groups (broad SMARTS) is 1. The Hall–Kier alpha value is -1.10. The first-order chi connectivity index (χ1) is 7.56. The van der Waals surface area contributed by atoms with Gasteiger partial charge in [0, 0.05) is 5.92 Å². The van der Waals surface area contributed by atoms with Crippen LogP contribution < -0.4 is 10.6 Å². The molecule has 5 heteroatoms. The maximum absolute atomic E-state index is 11.8. The molecule has 1 aliphatic rings. The van der Waals surface area contributed by atoms with Crippen molar-refractivity contribution in [2.75, 3.05) is 13.1 Å². The summed E-state index contributed by atoms with van der Waals surface area (Å²) in [5.74, 6) is -0.863. The van der Waals surface area contributed by atoms with Gasteiger partial charge in [0.15, 0.2) is 0 Å². The third-order valence-electron chi connectivity index (χ3n) is 3.13. The van der Waals surface area contributed by atoms with Gasteiger partial charge in [0.25, 0.3) is 0 Å². The standard InChI is InChI=1S/C11H20N2O3/c1-3-4-9(11(15)16)13-10(14)7(2)8-5-12-6-8/h7-9,12H,3-6H2,1-2H3,(H,13,14)(H,15,16). The summed E-state index contributed by atoms with van der Waals surface area (Å²) in [6, 6.07) is -0.743. The van der Waals surface area contributed by atoms with Gasteiger partial charge in [-0.1, -0.05) is 20.3 Å². The zero-order chi connectivity index (χ0) is 12.1. The summed E-state index contributed by atoms with van der Waals surface area (Å²) in [4.78, 5) is 22.6. The summed E-state index contributed by atoms with van der Waals surface area (Å²) in [5, 5.41) is 14.6. The number of carbonyl (C=O) groups excluding carboxylic acids is 1. The molecule has 0 aliphatic carbocycles. The number of carboxylic acids is 1. The monoisotopic (exact) mass is 228 g/mol. The minimum Gasteiger partial charge on any atom is -0.480 e. The van der Waals surface area contributed by atoms with E-state index in [1.54, 1.807) is 0 Å². The number of hydrogen-bond donors (Lipinski definition) is 3. The highest BCUT2D eigenvalue weighted by Gasteiger charge is 2.30. The van der Waals surface area contributed by atoms with Crippen molar-refractivity contribution in [2.45, 2.75) is 32.7 Å². The molecular formula is C11H20N2O3. The Bertz CT molecular complexity index is 264. The SMILES string of the molecule is CCCC(NC(=O)C(C)C1CNC1)C(=O)O. The van der Waals surface area contributed by atoms with E-state index in [1.807, 2.05) is 13.8 Å². The van der Waals surface area contributed by atoms with E-state index < -0.39 is 12.0 Å². The summed E-state index contributed by atoms with van der Waals surface area (Å²) in [5.41, 5.74) is 0. The maximum atomic E-state index is 11.8. The molecule has 0 aromatic heterocycles. The van der Waals surface area contributed by atoms with Gasteiger partial charge in [-0.3, -0.25) is 4.79 Å². The molecule has 0 spiro atoms. The molecule has 0 aromatic carbocycles. The Balaban J connectivity index is 2.43. The second kappa shape index (κ2) is 5.84. The molecule has 0 aromatic rings. The van der Waals surface area contributed by atoms with Crippen molar-refractivity contribution in [2.24, 2.45) is 11.8 Å². The van der Waals surface area contributed by atoms with Crippen molar-refractivity contribution >= 4 is 11.9 Å². The fraction of sp³-hybridized carbons (Fsp3) is 0.818. The van der Waals surface area contributed by atoms with Gasteiger partial charge in [-0.15, -0.1) is 0 Å². The van der Waals surface area contributed by atoms with Crippen LogP contribution in [0.2, 0.25) is 0 Å². The average Bonchev–Trinajstić information content (AvgIpc) is 2.13. The molecule has 0 bridgehead atoms. The largest absolute Gasteiger partial charge is 0.480 e. The number of amides is 1. The Kier molecular flexibility index (Phi) is 4.73.